The molecule has 2 aromatic rings. The van der Waals surface area contributed by atoms with Crippen LogP contribution in [0.1, 0.15) is 18.2 Å². The molecule has 1 aliphatic heterocycles. The van der Waals surface area contributed by atoms with E-state index in [9.17, 15) is 23.7 Å². The van der Waals surface area contributed by atoms with Crippen molar-refractivity contribution in [2.24, 2.45) is 0 Å². The normalized spacial score (nSPS) is 26.1. The van der Waals surface area contributed by atoms with Crippen molar-refractivity contribution in [1.29, 1.82) is 0 Å². The molecule has 2 aromatic heterocycles. The van der Waals surface area contributed by atoms with Gasteiger partial charge in [0, 0.05) is 12.6 Å². The fourth-order valence-electron chi connectivity index (χ4n) is 3.02. The Hall–Kier alpha value is -1.25. The lowest BCUT2D eigenvalue weighted by molar-refractivity contribution is -0.0421. The molecular weight excluding hydrogens is 485 g/mol. The van der Waals surface area contributed by atoms with Crippen molar-refractivity contribution < 1.29 is 56.3 Å². The maximum atomic E-state index is 11.8. The average Bonchev–Trinajstić information content (AvgIpc) is 3.11. The van der Waals surface area contributed by atoms with Gasteiger partial charge >= 0.3 is 23.5 Å². The minimum Gasteiger partial charge on any atom is -0.390 e. The predicted octanol–water partition coefficient (Wildman–Crippen LogP) is 0.314. The van der Waals surface area contributed by atoms with Gasteiger partial charge in [0.25, 0.3) is 0 Å². The van der Waals surface area contributed by atoms with Gasteiger partial charge in [0.05, 0.1) is 18.1 Å². The monoisotopic (exact) mass is 504 g/mol. The highest BCUT2D eigenvalue weighted by Gasteiger charge is 2.43. The molecule has 0 spiro atoms. The summed E-state index contributed by atoms with van der Waals surface area (Å²) in [4.78, 5) is 43.8. The number of fused-ring (bicyclic) bond motifs is 1. The summed E-state index contributed by atoms with van der Waals surface area (Å²) in [6, 6.07) is 0. The number of ether oxygens (including phenoxy) is 1. The van der Waals surface area contributed by atoms with Crippen molar-refractivity contribution >= 4 is 40.3 Å². The molecule has 1 fully saturated rings. The molecule has 31 heavy (non-hydrogen) atoms. The van der Waals surface area contributed by atoms with E-state index in [2.05, 4.69) is 23.1 Å². The number of rotatable bonds is 8. The molecule has 0 saturated carbocycles. The van der Waals surface area contributed by atoms with Gasteiger partial charge in [-0.2, -0.15) is 8.62 Å². The highest BCUT2D eigenvalue weighted by molar-refractivity contribution is 7.66. The summed E-state index contributed by atoms with van der Waals surface area (Å²) in [7, 11) is -16.5. The lowest BCUT2D eigenvalue weighted by Crippen LogP contribution is -2.26. The molecule has 1 saturated heterocycles. The number of aromatic nitrogens is 3. The van der Waals surface area contributed by atoms with E-state index in [4.69, 9.17) is 25.2 Å². The zero-order valence-electron chi connectivity index (χ0n) is 15.7. The second-order valence-corrected chi connectivity index (χ2v) is 10.9. The van der Waals surface area contributed by atoms with Crippen molar-refractivity contribution in [2.45, 2.75) is 31.8 Å². The molecule has 5 atom stereocenters. The van der Waals surface area contributed by atoms with Crippen LogP contribution in [0.15, 0.2) is 12.5 Å². The summed E-state index contributed by atoms with van der Waals surface area (Å²) >= 11 is 0. The number of phosphoric acid groups is 3. The Labute approximate surface area is 174 Å². The predicted molar refractivity (Wildman–Crippen MR) is 101 cm³/mol. The summed E-state index contributed by atoms with van der Waals surface area (Å²) in [5.41, 5.74) is 7.05. The molecule has 0 aromatic carbocycles. The van der Waals surface area contributed by atoms with Gasteiger partial charge in [0.2, 0.25) is 0 Å². The summed E-state index contributed by atoms with van der Waals surface area (Å²) < 4.78 is 52.8. The average molecular weight is 504 g/mol. The minimum absolute atomic E-state index is 0.0392. The minimum atomic E-state index is -5.64. The molecule has 0 bridgehead atoms. The number of aliphatic hydroxyl groups excluding tert-OH is 1. The summed E-state index contributed by atoms with van der Waals surface area (Å²) in [5.74, 6) is 0.254. The Morgan fingerprint density at radius 3 is 2.52 bits per heavy atom. The molecule has 0 aliphatic carbocycles. The fraction of sp³-hybridized carbons (Fsp3) is 0.500. The van der Waals surface area contributed by atoms with Crippen molar-refractivity contribution in [3.05, 3.63) is 18.1 Å². The topological polar surface area (TPSA) is 246 Å². The van der Waals surface area contributed by atoms with Crippen LogP contribution in [-0.2, 0) is 31.6 Å². The second kappa shape index (κ2) is 8.60. The third-order valence-corrected chi connectivity index (χ3v) is 7.96. The molecule has 3 rings (SSSR count). The van der Waals surface area contributed by atoms with Crippen LogP contribution >= 0.6 is 23.5 Å². The first kappa shape index (κ1) is 24.4. The van der Waals surface area contributed by atoms with E-state index in [0.29, 0.717) is 11.0 Å². The highest BCUT2D eigenvalue weighted by atomic mass is 31.3. The first-order chi connectivity index (χ1) is 14.2. The lowest BCUT2D eigenvalue weighted by Gasteiger charge is -2.19. The molecule has 1 aliphatic rings. The van der Waals surface area contributed by atoms with Gasteiger partial charge < -0.3 is 39.7 Å². The van der Waals surface area contributed by atoms with Crippen LogP contribution in [0.2, 0.25) is 0 Å². The van der Waals surface area contributed by atoms with E-state index in [-0.39, 0.29) is 12.2 Å². The largest absolute Gasteiger partial charge is 0.490 e. The van der Waals surface area contributed by atoms with Gasteiger partial charge in [0.15, 0.2) is 0 Å². The molecule has 7 N–H and O–H groups in total. The zero-order chi connectivity index (χ0) is 23.2. The smallest absolute Gasteiger partial charge is 0.390 e. The van der Waals surface area contributed by atoms with Crippen molar-refractivity contribution in [2.75, 3.05) is 12.3 Å². The van der Waals surface area contributed by atoms with Gasteiger partial charge in [-0.3, -0.25) is 4.52 Å². The Morgan fingerprint density at radius 1 is 1.19 bits per heavy atom. The molecule has 174 valence electrons. The summed E-state index contributed by atoms with van der Waals surface area (Å²) in [6.07, 6.45) is -0.114. The number of nitrogens with zero attached hydrogens (tertiary/aromatic N) is 3. The summed E-state index contributed by atoms with van der Waals surface area (Å²) in [5, 5.41) is 10.8. The molecular formula is C12H19N4O12P3. The number of phosphoric ester groups is 1. The Kier molecular flexibility index (Phi) is 6.76. The van der Waals surface area contributed by atoms with E-state index in [1.54, 1.807) is 17.7 Å². The van der Waals surface area contributed by atoms with Crippen molar-refractivity contribution in [1.82, 2.24) is 14.5 Å². The van der Waals surface area contributed by atoms with E-state index in [0.717, 1.165) is 5.56 Å². The Bertz CT molecular complexity index is 1120. The molecule has 3 unspecified atom stereocenters. The van der Waals surface area contributed by atoms with E-state index < -0.39 is 48.5 Å². The van der Waals surface area contributed by atoms with Crippen molar-refractivity contribution in [3.63, 3.8) is 0 Å². The van der Waals surface area contributed by atoms with Crippen LogP contribution in [0.3, 0.4) is 0 Å². The summed E-state index contributed by atoms with van der Waals surface area (Å²) in [6.45, 7) is 1.01. The molecule has 19 heteroatoms. The van der Waals surface area contributed by atoms with Gasteiger partial charge in [-0.1, -0.05) is 0 Å². The van der Waals surface area contributed by atoms with Gasteiger partial charge in [-0.25, -0.2) is 23.7 Å². The quantitative estimate of drug-likeness (QED) is 0.265. The van der Waals surface area contributed by atoms with Crippen LogP contribution in [0.5, 0.6) is 0 Å². The van der Waals surface area contributed by atoms with Crippen LogP contribution in [-0.4, -0.2) is 58.0 Å². The standard InChI is InChI=1S/C12H19N4O12P3/c1-6-3-16(12-10(6)11(13)14-5-15-12)9-2-7(17)8(26-9)4-25-30(21,22)28-31(23,24)27-29(18,19)20/h3,5,7-9,17H,2,4H2,1H3,(H,21,22)(H,23,24)(H2,13,14,15)(H2,18,19,20)/t7?,8-,9-/m1/s1. The van der Waals surface area contributed by atoms with Gasteiger partial charge in [-0.05, 0) is 12.5 Å². The number of aliphatic hydroxyl groups is 1. The maximum absolute atomic E-state index is 11.8. The first-order valence-corrected chi connectivity index (χ1v) is 12.9. The van der Waals surface area contributed by atoms with E-state index in [1.807, 2.05) is 0 Å². The fourth-order valence-corrected chi connectivity index (χ4v) is 6.05. The van der Waals surface area contributed by atoms with E-state index >= 15 is 0 Å². The lowest BCUT2D eigenvalue weighted by atomic mass is 10.2. The van der Waals surface area contributed by atoms with Crippen LogP contribution < -0.4 is 5.73 Å². The maximum Gasteiger partial charge on any atom is 0.490 e. The van der Waals surface area contributed by atoms with Crippen molar-refractivity contribution in [3.8, 4) is 0 Å². The number of anilines is 1. The number of hydrogen-bond acceptors (Lipinski definition) is 11. The zero-order valence-corrected chi connectivity index (χ0v) is 18.3. The third kappa shape index (κ3) is 5.96. The Balaban J connectivity index is 1.67. The third-order valence-electron chi connectivity index (χ3n) is 4.16. The second-order valence-electron chi connectivity index (χ2n) is 6.50. The van der Waals surface area contributed by atoms with Crippen LogP contribution in [0, 0.1) is 6.92 Å². The van der Waals surface area contributed by atoms with Gasteiger partial charge in [0.1, 0.15) is 30.1 Å². The van der Waals surface area contributed by atoms with Gasteiger partial charge in [-0.15, -0.1) is 0 Å². The number of nitrogen functional groups attached to an aromatic ring is 1. The molecule has 0 amide bonds. The van der Waals surface area contributed by atoms with Crippen LogP contribution in [0.25, 0.3) is 11.0 Å². The van der Waals surface area contributed by atoms with E-state index in [1.165, 1.54) is 6.33 Å². The number of nitrogens with two attached hydrogens (primary N) is 1. The Morgan fingerprint density at radius 2 is 1.87 bits per heavy atom. The number of aryl methyl sites for hydroxylation is 1. The first-order valence-electron chi connectivity index (χ1n) is 8.37. The molecule has 3 heterocycles. The highest BCUT2D eigenvalue weighted by Crippen LogP contribution is 2.66. The molecule has 0 radical (unpaired) electrons. The molecule has 16 nitrogen and oxygen atoms in total. The van der Waals surface area contributed by atoms with Crippen LogP contribution in [0.4, 0.5) is 5.82 Å². The number of hydrogen-bond donors (Lipinski definition) is 6. The SMILES string of the molecule is Cc1cn([C@H]2CC(O)[C@@H](COP(=O)(O)OP(=O)(O)OP(=O)(O)O)O2)c2ncnc(N)c12.